The highest BCUT2D eigenvalue weighted by atomic mass is 15.2. The van der Waals surface area contributed by atoms with Crippen molar-refractivity contribution in [1.29, 1.82) is 0 Å². The van der Waals surface area contributed by atoms with Crippen LogP contribution in [0.15, 0.2) is 218 Å². The molecular weight excluding hydrogens is 715 g/mol. The molecule has 0 aliphatic rings. The number of hydrogen-bond acceptors (Lipinski definition) is 1. The minimum atomic E-state index is 0.897. The molecule has 0 spiro atoms. The Kier molecular flexibility index (Phi) is 8.37. The van der Waals surface area contributed by atoms with E-state index >= 15 is 0 Å². The minimum Gasteiger partial charge on any atom is -0.278 e. The van der Waals surface area contributed by atoms with Gasteiger partial charge in [-0.2, -0.15) is 0 Å². The van der Waals surface area contributed by atoms with Gasteiger partial charge in [0.25, 0.3) is 0 Å². The number of fused-ring (bicyclic) bond motifs is 5. The first-order valence-corrected chi connectivity index (χ1v) is 20.2. The second-order valence-corrected chi connectivity index (χ2v) is 15.1. The van der Waals surface area contributed by atoms with E-state index in [4.69, 9.17) is 4.98 Å². The fourth-order valence-electron chi connectivity index (χ4n) is 9.11. The van der Waals surface area contributed by atoms with E-state index in [1.54, 1.807) is 0 Å². The number of aryl methyl sites for hydroxylation is 1. The van der Waals surface area contributed by atoms with Crippen LogP contribution in [0.5, 0.6) is 0 Å². The monoisotopic (exact) mass is 753 g/mol. The fourth-order valence-corrected chi connectivity index (χ4v) is 9.11. The zero-order chi connectivity index (χ0) is 39.3. The summed E-state index contributed by atoms with van der Waals surface area (Å²) in [5, 5.41) is 0. The molecule has 3 nitrogen and oxygen atoms in total. The maximum absolute atomic E-state index is 5.34. The van der Waals surface area contributed by atoms with Crippen LogP contribution < -0.4 is 0 Å². The van der Waals surface area contributed by atoms with E-state index < -0.39 is 0 Å². The van der Waals surface area contributed by atoms with Crippen LogP contribution in [0.3, 0.4) is 0 Å². The van der Waals surface area contributed by atoms with Crippen molar-refractivity contribution in [3.8, 4) is 72.4 Å². The fraction of sp³-hybridized carbons (Fsp3) is 0.0179. The van der Waals surface area contributed by atoms with Gasteiger partial charge in [0.05, 0.1) is 22.1 Å². The van der Waals surface area contributed by atoms with E-state index in [0.717, 1.165) is 66.9 Å². The highest BCUT2D eigenvalue weighted by molar-refractivity contribution is 6.15. The van der Waals surface area contributed by atoms with Crippen LogP contribution in [-0.2, 0) is 0 Å². The number of rotatable bonds is 7. The summed E-state index contributed by atoms with van der Waals surface area (Å²) in [6, 6.07) is 79.0. The van der Waals surface area contributed by atoms with Gasteiger partial charge in [0.15, 0.2) is 0 Å². The van der Waals surface area contributed by atoms with E-state index in [1.807, 2.05) is 0 Å². The van der Waals surface area contributed by atoms with E-state index in [9.17, 15) is 0 Å². The Labute approximate surface area is 343 Å². The van der Waals surface area contributed by atoms with Gasteiger partial charge < -0.3 is 0 Å². The summed E-state index contributed by atoms with van der Waals surface area (Å²) < 4.78 is 4.66. The van der Waals surface area contributed by atoms with Crippen LogP contribution in [0, 0.1) is 6.92 Å². The molecule has 0 saturated carbocycles. The van der Waals surface area contributed by atoms with Crippen molar-refractivity contribution in [2.75, 3.05) is 0 Å². The molecule has 2 aromatic heterocycles. The van der Waals surface area contributed by atoms with Gasteiger partial charge in [-0.15, -0.1) is 0 Å². The molecule has 0 unspecified atom stereocenters. The van der Waals surface area contributed by atoms with Crippen molar-refractivity contribution in [3.05, 3.63) is 224 Å². The van der Waals surface area contributed by atoms with Gasteiger partial charge in [-0.05, 0) is 110 Å². The Morgan fingerprint density at radius 3 is 1.14 bits per heavy atom. The Hall–Kier alpha value is -7.75. The van der Waals surface area contributed by atoms with Crippen LogP contribution in [0.25, 0.3) is 100 Å². The number of hydrogen-bond donors (Lipinski definition) is 0. The lowest BCUT2D eigenvalue weighted by Crippen LogP contribution is -2.02. The van der Waals surface area contributed by atoms with Crippen LogP contribution in [-0.4, -0.2) is 14.0 Å². The van der Waals surface area contributed by atoms with Gasteiger partial charge in [0.2, 0.25) is 5.78 Å². The van der Waals surface area contributed by atoms with E-state index in [-0.39, 0.29) is 0 Å². The molecule has 0 saturated heterocycles. The third kappa shape index (κ3) is 5.70. The summed E-state index contributed by atoms with van der Waals surface area (Å²) in [6.07, 6.45) is 0. The topological polar surface area (TPSA) is 22.2 Å². The van der Waals surface area contributed by atoms with Gasteiger partial charge in [0, 0.05) is 5.69 Å². The van der Waals surface area contributed by atoms with E-state index in [1.165, 1.54) is 38.9 Å². The Morgan fingerprint density at radius 1 is 0.322 bits per heavy atom. The smallest absolute Gasteiger partial charge is 0.220 e. The lowest BCUT2D eigenvalue weighted by atomic mass is 9.74. The molecule has 0 bridgehead atoms. The van der Waals surface area contributed by atoms with Gasteiger partial charge in [-0.3, -0.25) is 8.97 Å². The van der Waals surface area contributed by atoms with Crippen molar-refractivity contribution >= 4 is 27.8 Å². The molecule has 11 rings (SSSR count). The highest BCUT2D eigenvalue weighted by Crippen LogP contribution is 2.56. The quantitative estimate of drug-likeness (QED) is 0.159. The van der Waals surface area contributed by atoms with Crippen LogP contribution in [0.4, 0.5) is 0 Å². The molecule has 0 N–H and O–H groups in total. The SMILES string of the molecule is Cc1cccc2c1nc1n(-c3ccccc3)c3ccc(-c4c(-c5ccccc5)c(-c5ccccc5)c(-c5ccccc5)c(-c5ccccc5)c4-c4ccccc4)cc3n21. The van der Waals surface area contributed by atoms with Crippen LogP contribution >= 0.6 is 0 Å². The first-order valence-electron chi connectivity index (χ1n) is 20.2. The maximum Gasteiger partial charge on any atom is 0.220 e. The Bertz CT molecular complexity index is 3170. The average Bonchev–Trinajstić information content (AvgIpc) is 3.85. The summed E-state index contributed by atoms with van der Waals surface area (Å²) in [5.74, 6) is 0.897. The standard InChI is InChI=1S/C56H39N3/c1-38-21-20-34-47-55(38)57-56-58(45-32-18-7-19-33-45)46-36-35-44(37-48(46)59(47)56)54-52(42-28-14-5-15-29-42)50(40-24-10-3-11-25-40)49(39-22-8-2-9-23-39)51(41-26-12-4-13-27-41)53(54)43-30-16-6-17-31-43/h2-37H,1H3. The summed E-state index contributed by atoms with van der Waals surface area (Å²) in [5.41, 5.74) is 20.7. The van der Waals surface area contributed by atoms with Gasteiger partial charge in [-0.25, -0.2) is 4.98 Å². The number of imidazole rings is 2. The normalized spacial score (nSPS) is 11.5. The molecule has 0 atom stereocenters. The lowest BCUT2D eigenvalue weighted by molar-refractivity contribution is 1.11. The summed E-state index contributed by atoms with van der Waals surface area (Å²) in [7, 11) is 0. The number of para-hydroxylation sites is 2. The van der Waals surface area contributed by atoms with Crippen molar-refractivity contribution in [3.63, 3.8) is 0 Å². The molecule has 0 fully saturated rings. The highest BCUT2D eigenvalue weighted by Gasteiger charge is 2.30. The summed E-state index contributed by atoms with van der Waals surface area (Å²) >= 11 is 0. The van der Waals surface area contributed by atoms with Crippen molar-refractivity contribution in [2.24, 2.45) is 0 Å². The molecule has 0 aliphatic carbocycles. The minimum absolute atomic E-state index is 0.897. The largest absolute Gasteiger partial charge is 0.278 e. The van der Waals surface area contributed by atoms with Crippen molar-refractivity contribution in [1.82, 2.24) is 14.0 Å². The molecule has 0 aliphatic heterocycles. The number of benzene rings is 9. The molecule has 11 aromatic rings. The van der Waals surface area contributed by atoms with Crippen molar-refractivity contribution < 1.29 is 0 Å². The van der Waals surface area contributed by atoms with E-state index in [2.05, 4.69) is 234 Å². The van der Waals surface area contributed by atoms with E-state index in [0.29, 0.717) is 0 Å². The predicted octanol–water partition coefficient (Wildman–Crippen LogP) is 14.7. The zero-order valence-corrected chi connectivity index (χ0v) is 32.6. The molecule has 2 heterocycles. The first-order chi connectivity index (χ1) is 29.2. The third-order valence-electron chi connectivity index (χ3n) is 11.6. The predicted molar refractivity (Wildman–Crippen MR) is 247 cm³/mol. The Balaban J connectivity index is 1.38. The molecule has 278 valence electrons. The van der Waals surface area contributed by atoms with Crippen LogP contribution in [0.2, 0.25) is 0 Å². The lowest BCUT2D eigenvalue weighted by Gasteiger charge is -2.28. The molecule has 59 heavy (non-hydrogen) atoms. The second-order valence-electron chi connectivity index (χ2n) is 15.1. The second kappa shape index (κ2) is 14.3. The average molecular weight is 754 g/mol. The maximum atomic E-state index is 5.34. The molecule has 0 amide bonds. The van der Waals surface area contributed by atoms with Crippen molar-refractivity contribution in [2.45, 2.75) is 6.92 Å². The number of aromatic nitrogens is 3. The summed E-state index contributed by atoms with van der Waals surface area (Å²) in [6.45, 7) is 2.15. The molecule has 9 aromatic carbocycles. The van der Waals surface area contributed by atoms with Gasteiger partial charge in [0.1, 0.15) is 0 Å². The molecule has 3 heteroatoms. The number of nitrogens with zero attached hydrogens (tertiary/aromatic N) is 3. The third-order valence-corrected chi connectivity index (χ3v) is 11.6. The molecule has 0 radical (unpaired) electrons. The summed E-state index contributed by atoms with van der Waals surface area (Å²) in [4.78, 5) is 5.34. The van der Waals surface area contributed by atoms with Crippen LogP contribution in [0.1, 0.15) is 5.56 Å². The van der Waals surface area contributed by atoms with Gasteiger partial charge in [-0.1, -0.05) is 188 Å². The first kappa shape index (κ1) is 34.5. The molecular formula is C56H39N3. The Morgan fingerprint density at radius 2 is 0.712 bits per heavy atom. The zero-order valence-electron chi connectivity index (χ0n) is 32.6. The van der Waals surface area contributed by atoms with Gasteiger partial charge >= 0.3 is 0 Å².